The van der Waals surface area contributed by atoms with E-state index in [0.717, 1.165) is 0 Å². The summed E-state index contributed by atoms with van der Waals surface area (Å²) in [5.41, 5.74) is 0. The van der Waals surface area contributed by atoms with Crippen molar-refractivity contribution < 1.29 is 0 Å². The molecule has 1 saturated carbocycles. The van der Waals surface area contributed by atoms with E-state index in [1.807, 2.05) is 5.92 Å². The molecule has 12 heavy (non-hydrogen) atoms. The molecule has 0 aromatic carbocycles. The molecule has 1 aliphatic rings. The lowest BCUT2D eigenvalue weighted by Gasteiger charge is -2.20. The molecule has 71 valence electrons. The summed E-state index contributed by atoms with van der Waals surface area (Å²) >= 11 is 0. The molecule has 0 spiro atoms. The summed E-state index contributed by atoms with van der Waals surface area (Å²) < 4.78 is 0. The Hall–Kier alpha value is 0. The maximum absolute atomic E-state index is 2.29. The highest BCUT2D eigenvalue weighted by Gasteiger charge is 2.12. The number of unbranched alkanes of at least 4 members (excludes halogenated alkanes) is 3. The van der Waals surface area contributed by atoms with Gasteiger partial charge in [-0.05, 0) is 25.2 Å². The molecule has 0 heteroatoms. The minimum atomic E-state index is 1.37. The molecule has 0 aromatic rings. The predicted molar refractivity (Wildman–Crippen MR) is 55.1 cm³/mol. The molecule has 0 bridgehead atoms. The molecular formula is C12H23. The second-order valence-electron chi connectivity index (χ2n) is 4.12. The highest BCUT2D eigenvalue weighted by atomic mass is 14.2. The van der Waals surface area contributed by atoms with Gasteiger partial charge in [-0.2, -0.15) is 0 Å². The van der Waals surface area contributed by atoms with Crippen molar-refractivity contribution in [2.75, 3.05) is 0 Å². The molecule has 1 rings (SSSR count). The van der Waals surface area contributed by atoms with E-state index in [9.17, 15) is 0 Å². The summed E-state index contributed by atoms with van der Waals surface area (Å²) in [6.07, 6.45) is 14.5. The van der Waals surface area contributed by atoms with Crippen LogP contribution in [0, 0.1) is 5.92 Å². The first-order valence-corrected chi connectivity index (χ1v) is 5.77. The monoisotopic (exact) mass is 167 g/mol. The van der Waals surface area contributed by atoms with Crippen LogP contribution < -0.4 is 0 Å². The summed E-state index contributed by atoms with van der Waals surface area (Å²) in [7, 11) is 0. The number of rotatable bonds is 5. The van der Waals surface area contributed by atoms with Crippen molar-refractivity contribution >= 4 is 0 Å². The standard InChI is InChI=1S/C12H23/c1-2-3-4-6-9-12-10-7-5-8-11-12/h2-11H2,1H3. The summed E-state index contributed by atoms with van der Waals surface area (Å²) in [4.78, 5) is 0. The lowest BCUT2D eigenvalue weighted by Crippen LogP contribution is -2.03. The van der Waals surface area contributed by atoms with Crippen molar-refractivity contribution in [3.63, 3.8) is 0 Å². The molecule has 0 amide bonds. The van der Waals surface area contributed by atoms with E-state index in [4.69, 9.17) is 0 Å². The van der Waals surface area contributed by atoms with Crippen molar-refractivity contribution in [1.29, 1.82) is 0 Å². The molecule has 1 fully saturated rings. The zero-order valence-corrected chi connectivity index (χ0v) is 8.57. The SMILES string of the molecule is CCCCCC[C]1CCCCC1. The van der Waals surface area contributed by atoms with Crippen LogP contribution in [-0.2, 0) is 0 Å². The van der Waals surface area contributed by atoms with Gasteiger partial charge in [0.2, 0.25) is 0 Å². The van der Waals surface area contributed by atoms with Gasteiger partial charge in [0, 0.05) is 0 Å². The normalized spacial score (nSPS) is 19.8. The van der Waals surface area contributed by atoms with Gasteiger partial charge >= 0.3 is 0 Å². The highest BCUT2D eigenvalue weighted by molar-refractivity contribution is 4.91. The third kappa shape index (κ3) is 4.13. The van der Waals surface area contributed by atoms with Gasteiger partial charge in [0.15, 0.2) is 0 Å². The molecule has 0 nitrogen and oxygen atoms in total. The summed E-state index contributed by atoms with van der Waals surface area (Å²) in [5.74, 6) is 1.87. The maximum atomic E-state index is 2.29. The van der Waals surface area contributed by atoms with Crippen LogP contribution in [0.15, 0.2) is 0 Å². The molecule has 0 unspecified atom stereocenters. The van der Waals surface area contributed by atoms with Gasteiger partial charge in [-0.1, -0.05) is 51.9 Å². The lowest BCUT2D eigenvalue weighted by atomic mass is 9.85. The zero-order chi connectivity index (χ0) is 8.65. The van der Waals surface area contributed by atoms with Crippen LogP contribution in [0.3, 0.4) is 0 Å². The molecule has 0 N–H and O–H groups in total. The second kappa shape index (κ2) is 6.51. The summed E-state index contributed by atoms with van der Waals surface area (Å²) in [6.45, 7) is 2.29. The molecule has 0 heterocycles. The Morgan fingerprint density at radius 1 is 0.917 bits per heavy atom. The van der Waals surface area contributed by atoms with Crippen LogP contribution in [0.2, 0.25) is 0 Å². The molecule has 0 saturated heterocycles. The quantitative estimate of drug-likeness (QED) is 0.529. The zero-order valence-electron chi connectivity index (χ0n) is 8.57. The van der Waals surface area contributed by atoms with Crippen molar-refractivity contribution in [3.05, 3.63) is 5.92 Å². The van der Waals surface area contributed by atoms with Gasteiger partial charge in [0.25, 0.3) is 0 Å². The molecule has 1 aliphatic carbocycles. The van der Waals surface area contributed by atoms with E-state index in [1.54, 1.807) is 0 Å². The third-order valence-corrected chi connectivity index (χ3v) is 2.94. The average molecular weight is 167 g/mol. The minimum Gasteiger partial charge on any atom is -0.0654 e. The van der Waals surface area contributed by atoms with Crippen LogP contribution >= 0.6 is 0 Å². The third-order valence-electron chi connectivity index (χ3n) is 2.94. The number of hydrogen-bond acceptors (Lipinski definition) is 0. The Morgan fingerprint density at radius 2 is 1.67 bits per heavy atom. The van der Waals surface area contributed by atoms with E-state index in [1.165, 1.54) is 64.2 Å². The fourth-order valence-electron chi connectivity index (χ4n) is 2.10. The first-order chi connectivity index (χ1) is 5.93. The molecule has 0 atom stereocenters. The second-order valence-corrected chi connectivity index (χ2v) is 4.12. The summed E-state index contributed by atoms with van der Waals surface area (Å²) in [6, 6.07) is 0. The van der Waals surface area contributed by atoms with Gasteiger partial charge in [-0.3, -0.25) is 0 Å². The fourth-order valence-corrected chi connectivity index (χ4v) is 2.10. The van der Waals surface area contributed by atoms with Crippen molar-refractivity contribution in [2.24, 2.45) is 0 Å². The minimum absolute atomic E-state index is 1.37. The smallest absolute Gasteiger partial charge is 0.0241 e. The van der Waals surface area contributed by atoms with Crippen LogP contribution in [0.25, 0.3) is 0 Å². The highest BCUT2D eigenvalue weighted by Crippen LogP contribution is 2.29. The van der Waals surface area contributed by atoms with Crippen molar-refractivity contribution in [1.82, 2.24) is 0 Å². The topological polar surface area (TPSA) is 0 Å². The Morgan fingerprint density at radius 3 is 2.33 bits per heavy atom. The van der Waals surface area contributed by atoms with Crippen LogP contribution in [0.5, 0.6) is 0 Å². The Bertz CT molecular complexity index is 90.2. The fraction of sp³-hybridized carbons (Fsp3) is 0.917. The molecule has 0 aromatic heterocycles. The van der Waals surface area contributed by atoms with Crippen molar-refractivity contribution in [3.8, 4) is 0 Å². The predicted octanol–water partition coefficient (Wildman–Crippen LogP) is 4.50. The first kappa shape index (κ1) is 10.1. The maximum Gasteiger partial charge on any atom is -0.0241 e. The van der Waals surface area contributed by atoms with Gasteiger partial charge in [-0.15, -0.1) is 0 Å². The average Bonchev–Trinajstić information content (AvgIpc) is 2.14. The summed E-state index contributed by atoms with van der Waals surface area (Å²) in [5, 5.41) is 0. The van der Waals surface area contributed by atoms with E-state index >= 15 is 0 Å². The molecule has 0 aliphatic heterocycles. The van der Waals surface area contributed by atoms with Crippen LogP contribution in [0.1, 0.15) is 71.1 Å². The number of hydrogen-bond donors (Lipinski definition) is 0. The first-order valence-electron chi connectivity index (χ1n) is 5.77. The van der Waals surface area contributed by atoms with Gasteiger partial charge < -0.3 is 0 Å². The Balaban J connectivity index is 1.91. The molecular weight excluding hydrogens is 144 g/mol. The molecule has 1 radical (unpaired) electrons. The van der Waals surface area contributed by atoms with E-state index in [-0.39, 0.29) is 0 Å². The van der Waals surface area contributed by atoms with Crippen LogP contribution in [-0.4, -0.2) is 0 Å². The van der Waals surface area contributed by atoms with Gasteiger partial charge in [0.1, 0.15) is 0 Å². The van der Waals surface area contributed by atoms with Gasteiger partial charge in [-0.25, -0.2) is 0 Å². The van der Waals surface area contributed by atoms with E-state index < -0.39 is 0 Å². The van der Waals surface area contributed by atoms with Crippen LogP contribution in [0.4, 0.5) is 0 Å². The van der Waals surface area contributed by atoms with E-state index in [2.05, 4.69) is 6.92 Å². The van der Waals surface area contributed by atoms with Crippen molar-refractivity contribution in [2.45, 2.75) is 71.1 Å². The van der Waals surface area contributed by atoms with E-state index in [0.29, 0.717) is 0 Å². The van der Waals surface area contributed by atoms with Gasteiger partial charge in [0.05, 0.1) is 0 Å². The lowest BCUT2D eigenvalue weighted by molar-refractivity contribution is 0.489. The Labute approximate surface area is 77.7 Å². The Kier molecular flexibility index (Phi) is 5.47. The largest absolute Gasteiger partial charge is 0.0654 e.